The molecular formula is C24H28Cl2N2O4. The summed E-state index contributed by atoms with van der Waals surface area (Å²) in [6.45, 7) is 3.00. The van der Waals surface area contributed by atoms with Crippen molar-refractivity contribution in [3.05, 3.63) is 57.6 Å². The van der Waals surface area contributed by atoms with Crippen LogP contribution in [0.5, 0.6) is 11.5 Å². The highest BCUT2D eigenvalue weighted by Crippen LogP contribution is 2.30. The van der Waals surface area contributed by atoms with Crippen LogP contribution in [0, 0.1) is 0 Å². The van der Waals surface area contributed by atoms with Crippen LogP contribution in [0.3, 0.4) is 0 Å². The Kier molecular flexibility index (Phi) is 7.79. The monoisotopic (exact) mass is 478 g/mol. The number of ether oxygens (including phenoxy) is 2. The van der Waals surface area contributed by atoms with E-state index in [1.807, 2.05) is 18.2 Å². The minimum absolute atomic E-state index is 0.186. The number of hydrogen-bond acceptors (Lipinski definition) is 5. The summed E-state index contributed by atoms with van der Waals surface area (Å²) >= 11 is 11.9. The summed E-state index contributed by atoms with van der Waals surface area (Å²) in [6, 6.07) is 10.2. The van der Waals surface area contributed by atoms with Gasteiger partial charge >= 0.3 is 0 Å². The number of aliphatic hydroxyl groups is 1. The lowest BCUT2D eigenvalue weighted by atomic mass is 9.97. The van der Waals surface area contributed by atoms with Crippen LogP contribution in [0.1, 0.15) is 36.5 Å². The van der Waals surface area contributed by atoms with Crippen molar-refractivity contribution in [2.75, 3.05) is 32.8 Å². The minimum Gasteiger partial charge on any atom is -0.493 e. The molecule has 4 rings (SSSR count). The molecule has 0 unspecified atom stereocenters. The summed E-state index contributed by atoms with van der Waals surface area (Å²) in [6.07, 6.45) is 3.38. The van der Waals surface area contributed by atoms with Crippen molar-refractivity contribution in [3.63, 3.8) is 0 Å². The molecule has 172 valence electrons. The third-order valence-electron chi connectivity index (χ3n) is 5.92. The molecule has 0 spiro atoms. The number of aryl methyl sites for hydroxylation is 1. The van der Waals surface area contributed by atoms with Gasteiger partial charge in [-0.2, -0.15) is 0 Å². The quantitative estimate of drug-likeness (QED) is 0.599. The molecule has 2 atom stereocenters. The van der Waals surface area contributed by atoms with Crippen LogP contribution in [0.15, 0.2) is 36.4 Å². The molecule has 2 aliphatic rings. The molecule has 8 heteroatoms. The van der Waals surface area contributed by atoms with Crippen LogP contribution in [0.25, 0.3) is 0 Å². The Bertz CT molecular complexity index is 950. The average Bonchev–Trinajstić information content (AvgIpc) is 3.32. The Labute approximate surface area is 198 Å². The van der Waals surface area contributed by atoms with Gasteiger partial charge in [-0.25, -0.2) is 0 Å². The van der Waals surface area contributed by atoms with Gasteiger partial charge < -0.3 is 24.8 Å². The molecule has 2 aromatic rings. The molecule has 6 nitrogen and oxygen atoms in total. The molecule has 1 fully saturated rings. The number of rotatable bonds is 8. The van der Waals surface area contributed by atoms with Gasteiger partial charge in [0.15, 0.2) is 6.61 Å². The predicted molar refractivity (Wildman–Crippen MR) is 125 cm³/mol. The highest BCUT2D eigenvalue weighted by Gasteiger charge is 2.27. The second-order valence-electron chi connectivity index (χ2n) is 8.31. The molecule has 0 aliphatic carbocycles. The van der Waals surface area contributed by atoms with Crippen molar-refractivity contribution >= 4 is 29.1 Å². The molecule has 1 saturated heterocycles. The van der Waals surface area contributed by atoms with Gasteiger partial charge in [-0.3, -0.25) is 4.79 Å². The first-order valence-corrected chi connectivity index (χ1v) is 11.8. The Balaban J connectivity index is 1.43. The molecule has 2 N–H and O–H groups in total. The largest absolute Gasteiger partial charge is 0.493 e. The molecule has 2 heterocycles. The van der Waals surface area contributed by atoms with Crippen molar-refractivity contribution in [2.24, 2.45) is 0 Å². The molecule has 0 radical (unpaired) electrons. The fourth-order valence-electron chi connectivity index (χ4n) is 4.20. The van der Waals surface area contributed by atoms with Crippen LogP contribution in [0.4, 0.5) is 0 Å². The molecule has 1 amide bonds. The molecular weight excluding hydrogens is 451 g/mol. The number of carbonyl (C=O) groups excluding carboxylic acids is 1. The number of nitrogens with zero attached hydrogens (tertiary/aromatic N) is 1. The van der Waals surface area contributed by atoms with E-state index in [4.69, 9.17) is 32.7 Å². The van der Waals surface area contributed by atoms with Gasteiger partial charge in [0.1, 0.15) is 17.6 Å². The summed E-state index contributed by atoms with van der Waals surface area (Å²) in [5.74, 6) is 0.966. The van der Waals surface area contributed by atoms with Crippen LogP contribution < -0.4 is 14.8 Å². The van der Waals surface area contributed by atoms with E-state index >= 15 is 0 Å². The predicted octanol–water partition coefficient (Wildman–Crippen LogP) is 4.01. The summed E-state index contributed by atoms with van der Waals surface area (Å²) in [4.78, 5) is 14.9. The number of likely N-dealkylation sites (tertiary alicyclic amines) is 1. The SMILES string of the molecule is O=C(COc1ccc(Cl)c(Cl)c1)N[C@H](CN1CCCC1)[C@H](O)c1ccc2c(c1)OCCC2. The zero-order chi connectivity index (χ0) is 22.5. The van der Waals surface area contributed by atoms with E-state index in [2.05, 4.69) is 10.2 Å². The standard InChI is InChI=1S/C24H28Cl2N2O4/c25-19-8-7-18(13-20(19)26)32-15-23(29)27-21(14-28-9-1-2-10-28)24(30)17-6-5-16-4-3-11-31-22(16)12-17/h5-8,12-13,21,24,30H,1-4,9-11,14-15H2,(H,27,29)/t21-,24-/m1/s1. The molecule has 2 aliphatic heterocycles. The number of nitrogens with one attached hydrogen (secondary N) is 1. The summed E-state index contributed by atoms with van der Waals surface area (Å²) in [5.41, 5.74) is 1.89. The van der Waals surface area contributed by atoms with Gasteiger partial charge in [-0.05, 0) is 68.1 Å². The third-order valence-corrected chi connectivity index (χ3v) is 6.66. The van der Waals surface area contributed by atoms with Crippen LogP contribution >= 0.6 is 23.2 Å². The highest BCUT2D eigenvalue weighted by molar-refractivity contribution is 6.42. The number of halogens is 2. The Morgan fingerprint density at radius 1 is 1.12 bits per heavy atom. The van der Waals surface area contributed by atoms with E-state index in [0.717, 1.165) is 55.6 Å². The van der Waals surface area contributed by atoms with Gasteiger partial charge in [-0.15, -0.1) is 0 Å². The molecule has 0 bridgehead atoms. The number of hydrogen-bond donors (Lipinski definition) is 2. The molecule has 2 aromatic carbocycles. The van der Waals surface area contributed by atoms with Crippen LogP contribution in [-0.4, -0.2) is 54.8 Å². The Hall–Kier alpha value is -1.99. The van der Waals surface area contributed by atoms with Crippen molar-refractivity contribution in [1.82, 2.24) is 10.2 Å². The van der Waals surface area contributed by atoms with Crippen LogP contribution in [-0.2, 0) is 11.2 Å². The normalized spacial score (nSPS) is 17.8. The second-order valence-corrected chi connectivity index (χ2v) is 9.12. The first-order chi connectivity index (χ1) is 15.5. The van der Waals surface area contributed by atoms with Crippen molar-refractivity contribution in [3.8, 4) is 11.5 Å². The zero-order valence-electron chi connectivity index (χ0n) is 17.9. The number of benzene rings is 2. The van der Waals surface area contributed by atoms with Gasteiger partial charge in [0.25, 0.3) is 5.91 Å². The number of aliphatic hydroxyl groups excluding tert-OH is 1. The lowest BCUT2D eigenvalue weighted by molar-refractivity contribution is -0.124. The van der Waals surface area contributed by atoms with E-state index in [-0.39, 0.29) is 12.5 Å². The maximum Gasteiger partial charge on any atom is 0.258 e. The number of amides is 1. The van der Waals surface area contributed by atoms with Gasteiger partial charge in [0, 0.05) is 12.6 Å². The second kappa shape index (κ2) is 10.8. The summed E-state index contributed by atoms with van der Waals surface area (Å²) in [7, 11) is 0. The van der Waals surface area contributed by atoms with Gasteiger partial charge in [0.2, 0.25) is 0 Å². The number of carbonyl (C=O) groups is 1. The van der Waals surface area contributed by atoms with Crippen molar-refractivity contribution < 1.29 is 19.4 Å². The highest BCUT2D eigenvalue weighted by atomic mass is 35.5. The Morgan fingerprint density at radius 3 is 2.72 bits per heavy atom. The molecule has 32 heavy (non-hydrogen) atoms. The lowest BCUT2D eigenvalue weighted by Gasteiger charge is -2.29. The van der Waals surface area contributed by atoms with Crippen LogP contribution in [0.2, 0.25) is 10.0 Å². The van der Waals surface area contributed by atoms with E-state index in [9.17, 15) is 9.90 Å². The topological polar surface area (TPSA) is 71.0 Å². The average molecular weight is 479 g/mol. The first-order valence-electron chi connectivity index (χ1n) is 11.0. The fraction of sp³-hybridized carbons (Fsp3) is 0.458. The fourth-order valence-corrected chi connectivity index (χ4v) is 4.49. The zero-order valence-corrected chi connectivity index (χ0v) is 19.4. The van der Waals surface area contributed by atoms with Crippen molar-refractivity contribution in [1.29, 1.82) is 0 Å². The van der Waals surface area contributed by atoms with Crippen molar-refractivity contribution in [2.45, 2.75) is 37.8 Å². The maximum atomic E-state index is 12.7. The van der Waals surface area contributed by atoms with Gasteiger partial charge in [0.05, 0.1) is 22.7 Å². The van der Waals surface area contributed by atoms with E-state index in [0.29, 0.717) is 28.9 Å². The minimum atomic E-state index is -0.861. The van der Waals surface area contributed by atoms with E-state index < -0.39 is 12.1 Å². The smallest absolute Gasteiger partial charge is 0.258 e. The number of fused-ring (bicyclic) bond motifs is 1. The van der Waals surface area contributed by atoms with E-state index in [1.54, 1.807) is 18.2 Å². The van der Waals surface area contributed by atoms with E-state index in [1.165, 1.54) is 0 Å². The maximum absolute atomic E-state index is 12.7. The molecule has 0 saturated carbocycles. The molecule has 0 aromatic heterocycles. The lowest BCUT2D eigenvalue weighted by Crippen LogP contribution is -2.48. The summed E-state index contributed by atoms with van der Waals surface area (Å²) < 4.78 is 11.3. The Morgan fingerprint density at radius 2 is 1.94 bits per heavy atom. The summed E-state index contributed by atoms with van der Waals surface area (Å²) in [5, 5.41) is 14.9. The first kappa shape index (κ1) is 23.2. The van der Waals surface area contributed by atoms with Gasteiger partial charge in [-0.1, -0.05) is 35.3 Å². The third kappa shape index (κ3) is 5.87.